The summed E-state index contributed by atoms with van der Waals surface area (Å²) in [5, 5.41) is 0. The first-order valence-corrected chi connectivity index (χ1v) is 14.3. The van der Waals surface area contributed by atoms with Crippen molar-refractivity contribution in [2.45, 2.75) is 58.8 Å². The zero-order chi connectivity index (χ0) is 30.8. The van der Waals surface area contributed by atoms with Crippen LogP contribution in [-0.2, 0) is 51.7 Å². The monoisotopic (exact) mass is 593 g/mol. The Balaban J connectivity index is 1.51. The first kappa shape index (κ1) is 31.3. The molecule has 43 heavy (non-hydrogen) atoms. The molecule has 3 aromatic heterocycles. The quantitative estimate of drug-likeness (QED) is 0.147. The van der Waals surface area contributed by atoms with Crippen LogP contribution in [0.3, 0.4) is 0 Å². The number of aromatic amines is 1. The summed E-state index contributed by atoms with van der Waals surface area (Å²) in [5.74, 6) is -0.266. The van der Waals surface area contributed by atoms with Crippen LogP contribution in [0.5, 0.6) is 6.01 Å². The Morgan fingerprint density at radius 1 is 1.07 bits per heavy atom. The number of anilines is 1. The largest absolute Gasteiger partial charge is 0.469 e. The van der Waals surface area contributed by atoms with Gasteiger partial charge in [-0.15, -0.1) is 0 Å². The van der Waals surface area contributed by atoms with E-state index in [-0.39, 0.29) is 42.4 Å². The number of hydrogen-bond acceptors (Lipinski definition) is 9. The fourth-order valence-corrected chi connectivity index (χ4v) is 4.67. The molecule has 0 atom stereocenters. The number of amides is 1. The Hall–Kier alpha value is -4.65. The molecule has 0 bridgehead atoms. The van der Waals surface area contributed by atoms with Crippen LogP contribution in [0.25, 0.3) is 11.2 Å². The highest BCUT2D eigenvalue weighted by Gasteiger charge is 2.18. The van der Waals surface area contributed by atoms with E-state index in [2.05, 4.69) is 21.9 Å². The fraction of sp³-hybridized carbons (Fsp3) is 0.433. The van der Waals surface area contributed by atoms with Crippen molar-refractivity contribution in [1.29, 1.82) is 0 Å². The van der Waals surface area contributed by atoms with Gasteiger partial charge in [0.1, 0.15) is 12.1 Å². The standard InChI is InChI=1S/C30H39N7O6/c1-4-5-16-43-29-33-27(31)26-28(34-29)37(30(40)32-26)15-7-14-36(24(38)19-35-13-6-8-23(35)20-41-2)18-22-11-9-21(10-12-22)17-25(39)42-3/h6,8-13H,4-5,7,14-20H2,1-3H3,(H,32,40)(H2,31,33,34). The van der Waals surface area contributed by atoms with Gasteiger partial charge in [0.2, 0.25) is 5.91 Å². The lowest BCUT2D eigenvalue weighted by Crippen LogP contribution is -2.35. The van der Waals surface area contributed by atoms with E-state index in [1.54, 1.807) is 12.0 Å². The van der Waals surface area contributed by atoms with Crippen LogP contribution in [0, 0.1) is 0 Å². The highest BCUT2D eigenvalue weighted by atomic mass is 16.5. The summed E-state index contributed by atoms with van der Waals surface area (Å²) in [6, 6.07) is 11.4. The number of fused-ring (bicyclic) bond motifs is 1. The van der Waals surface area contributed by atoms with Gasteiger partial charge in [-0.3, -0.25) is 14.2 Å². The number of nitrogen functional groups attached to an aromatic ring is 1. The van der Waals surface area contributed by atoms with Crippen LogP contribution >= 0.6 is 0 Å². The third-order valence-corrected chi connectivity index (χ3v) is 7.02. The summed E-state index contributed by atoms with van der Waals surface area (Å²) in [5.41, 5.74) is 9.06. The van der Waals surface area contributed by atoms with Gasteiger partial charge in [0, 0.05) is 38.6 Å². The van der Waals surface area contributed by atoms with E-state index >= 15 is 0 Å². The molecule has 0 radical (unpaired) electrons. The number of carbonyl (C=O) groups excluding carboxylic acids is 2. The molecule has 0 aliphatic carbocycles. The number of ether oxygens (including phenoxy) is 3. The van der Waals surface area contributed by atoms with Gasteiger partial charge in [-0.25, -0.2) is 4.79 Å². The third kappa shape index (κ3) is 8.22. The normalized spacial score (nSPS) is 11.1. The number of unbranched alkanes of at least 4 members (excludes halogenated alkanes) is 1. The molecular weight excluding hydrogens is 554 g/mol. The van der Waals surface area contributed by atoms with Gasteiger partial charge in [0.15, 0.2) is 11.5 Å². The van der Waals surface area contributed by atoms with E-state index < -0.39 is 0 Å². The number of aromatic nitrogens is 5. The Morgan fingerprint density at radius 2 is 1.84 bits per heavy atom. The number of aryl methyl sites for hydroxylation is 1. The van der Waals surface area contributed by atoms with Crippen molar-refractivity contribution >= 4 is 28.9 Å². The SMILES string of the molecule is CCCCOc1nc(N)c2[nH]c(=O)n(CCCN(Cc3ccc(CC(=O)OC)cc3)C(=O)Cn3cccc3COC)c2n1. The van der Waals surface area contributed by atoms with E-state index in [1.165, 1.54) is 11.7 Å². The molecule has 0 saturated heterocycles. The molecule has 0 aliphatic heterocycles. The highest BCUT2D eigenvalue weighted by molar-refractivity contribution is 5.82. The molecule has 230 valence electrons. The molecule has 0 saturated carbocycles. The second-order valence-electron chi connectivity index (χ2n) is 10.2. The predicted octanol–water partition coefficient (Wildman–Crippen LogP) is 2.66. The number of nitrogens with one attached hydrogen (secondary N) is 1. The van der Waals surface area contributed by atoms with Crippen LogP contribution in [0.2, 0.25) is 0 Å². The molecule has 1 aromatic carbocycles. The summed E-state index contributed by atoms with van der Waals surface area (Å²) in [6.45, 7) is 4.06. The summed E-state index contributed by atoms with van der Waals surface area (Å²) < 4.78 is 19.0. The predicted molar refractivity (Wildman–Crippen MR) is 160 cm³/mol. The van der Waals surface area contributed by atoms with Crippen molar-refractivity contribution < 1.29 is 23.8 Å². The highest BCUT2D eigenvalue weighted by Crippen LogP contribution is 2.18. The smallest absolute Gasteiger partial charge is 0.327 e. The minimum absolute atomic E-state index is 0.0864. The van der Waals surface area contributed by atoms with Crippen molar-refractivity contribution in [3.63, 3.8) is 0 Å². The molecule has 0 aliphatic rings. The molecule has 3 heterocycles. The van der Waals surface area contributed by atoms with Crippen molar-refractivity contribution in [3.8, 4) is 6.01 Å². The molecule has 0 unspecified atom stereocenters. The zero-order valence-electron chi connectivity index (χ0n) is 24.9. The van der Waals surface area contributed by atoms with Crippen molar-refractivity contribution in [3.05, 3.63) is 69.9 Å². The second-order valence-corrected chi connectivity index (χ2v) is 10.2. The first-order valence-electron chi connectivity index (χ1n) is 14.3. The molecule has 0 fully saturated rings. The van der Waals surface area contributed by atoms with Gasteiger partial charge in [-0.1, -0.05) is 37.6 Å². The molecule has 1 amide bonds. The van der Waals surface area contributed by atoms with Crippen molar-refractivity contribution in [1.82, 2.24) is 29.0 Å². The van der Waals surface area contributed by atoms with Gasteiger partial charge < -0.3 is 34.4 Å². The minimum atomic E-state index is -0.364. The van der Waals surface area contributed by atoms with E-state index in [9.17, 15) is 14.4 Å². The maximum Gasteiger partial charge on any atom is 0.327 e. The Labute approximate surface area is 249 Å². The number of carbonyl (C=O) groups is 2. The maximum atomic E-state index is 13.6. The lowest BCUT2D eigenvalue weighted by atomic mass is 10.1. The minimum Gasteiger partial charge on any atom is -0.469 e. The first-order chi connectivity index (χ1) is 20.8. The van der Waals surface area contributed by atoms with Crippen LogP contribution in [0.15, 0.2) is 47.4 Å². The second kappa shape index (κ2) is 15.0. The van der Waals surface area contributed by atoms with Gasteiger partial charge in [0.25, 0.3) is 0 Å². The molecule has 13 heteroatoms. The molecular formula is C30H39N7O6. The van der Waals surface area contributed by atoms with Gasteiger partial charge >= 0.3 is 17.7 Å². The van der Waals surface area contributed by atoms with Crippen LogP contribution in [0.1, 0.15) is 43.0 Å². The van der Waals surface area contributed by atoms with Gasteiger partial charge in [-0.05, 0) is 36.1 Å². The summed E-state index contributed by atoms with van der Waals surface area (Å²) >= 11 is 0. The molecule has 4 aromatic rings. The molecule has 0 spiro atoms. The van der Waals surface area contributed by atoms with Gasteiger partial charge in [-0.2, -0.15) is 9.97 Å². The number of esters is 1. The number of nitrogens with two attached hydrogens (primary N) is 1. The number of methoxy groups -OCH3 is 2. The van der Waals surface area contributed by atoms with Crippen LogP contribution in [-0.4, -0.2) is 68.2 Å². The van der Waals surface area contributed by atoms with Crippen LogP contribution < -0.4 is 16.2 Å². The molecule has 3 N–H and O–H groups in total. The zero-order valence-corrected chi connectivity index (χ0v) is 24.9. The summed E-state index contributed by atoms with van der Waals surface area (Å²) in [6.07, 6.45) is 4.30. The summed E-state index contributed by atoms with van der Waals surface area (Å²) in [4.78, 5) is 51.1. The Bertz CT molecular complexity index is 1570. The van der Waals surface area contributed by atoms with E-state index in [0.29, 0.717) is 50.4 Å². The summed E-state index contributed by atoms with van der Waals surface area (Å²) in [7, 11) is 2.97. The number of imidazole rings is 1. The number of H-pyrrole nitrogens is 1. The number of rotatable bonds is 16. The Kier molecular flexibility index (Phi) is 10.9. The molecule has 4 rings (SSSR count). The van der Waals surface area contributed by atoms with E-state index in [0.717, 1.165) is 29.7 Å². The fourth-order valence-electron chi connectivity index (χ4n) is 4.67. The number of hydrogen-bond donors (Lipinski definition) is 2. The average molecular weight is 594 g/mol. The van der Waals surface area contributed by atoms with Crippen molar-refractivity contribution in [2.75, 3.05) is 33.1 Å². The lowest BCUT2D eigenvalue weighted by molar-refractivity contribution is -0.139. The van der Waals surface area contributed by atoms with Crippen molar-refractivity contribution in [2.24, 2.45) is 0 Å². The average Bonchev–Trinajstić information content (AvgIpc) is 3.56. The van der Waals surface area contributed by atoms with E-state index in [4.69, 9.17) is 19.9 Å². The van der Waals surface area contributed by atoms with E-state index in [1.807, 2.05) is 47.2 Å². The maximum absolute atomic E-state index is 13.6. The third-order valence-electron chi connectivity index (χ3n) is 7.02. The topological polar surface area (TPSA) is 160 Å². The van der Waals surface area contributed by atoms with Crippen LogP contribution in [0.4, 0.5) is 5.82 Å². The number of nitrogens with zero attached hydrogens (tertiary/aromatic N) is 5. The Morgan fingerprint density at radius 3 is 2.56 bits per heavy atom. The lowest BCUT2D eigenvalue weighted by Gasteiger charge is -2.24. The number of benzene rings is 1. The van der Waals surface area contributed by atoms with Gasteiger partial charge in [0.05, 0.1) is 26.7 Å². The molecule has 13 nitrogen and oxygen atoms in total.